The summed E-state index contributed by atoms with van der Waals surface area (Å²) in [4.78, 5) is 16.2. The fourth-order valence-electron chi connectivity index (χ4n) is 1.69. The van der Waals surface area contributed by atoms with Gasteiger partial charge in [0.1, 0.15) is 5.60 Å². The van der Waals surface area contributed by atoms with Gasteiger partial charge >= 0.3 is 0 Å². The van der Waals surface area contributed by atoms with Gasteiger partial charge in [0.15, 0.2) is 0 Å². The number of pyridine rings is 1. The molecule has 0 atom stereocenters. The molecule has 2 N–H and O–H groups in total. The van der Waals surface area contributed by atoms with Gasteiger partial charge in [0.2, 0.25) is 11.8 Å². The SMILES string of the molecule is CC(C)(CO)NC(=O)CCc1cccc(OC(C)(C)C)n1. The van der Waals surface area contributed by atoms with Gasteiger partial charge < -0.3 is 15.2 Å². The van der Waals surface area contributed by atoms with Crippen LogP contribution < -0.4 is 10.1 Å². The van der Waals surface area contributed by atoms with Gasteiger partial charge in [0.05, 0.1) is 12.1 Å². The van der Waals surface area contributed by atoms with Crippen LogP contribution in [0.4, 0.5) is 0 Å². The highest BCUT2D eigenvalue weighted by Gasteiger charge is 2.19. The number of carbonyl (C=O) groups is 1. The lowest BCUT2D eigenvalue weighted by atomic mass is 10.1. The number of hydrogen-bond acceptors (Lipinski definition) is 4. The third kappa shape index (κ3) is 7.09. The van der Waals surface area contributed by atoms with Crippen molar-refractivity contribution in [2.75, 3.05) is 6.61 Å². The summed E-state index contributed by atoms with van der Waals surface area (Å²) < 4.78 is 5.70. The quantitative estimate of drug-likeness (QED) is 0.842. The molecular weight excluding hydrogens is 268 g/mol. The van der Waals surface area contributed by atoms with Gasteiger partial charge in [-0.1, -0.05) is 6.07 Å². The first kappa shape index (κ1) is 17.4. The predicted octanol–water partition coefficient (Wildman–Crippen LogP) is 2.08. The Labute approximate surface area is 126 Å². The van der Waals surface area contributed by atoms with Crippen LogP contribution in [0.5, 0.6) is 5.88 Å². The zero-order chi connectivity index (χ0) is 16.1. The number of aryl methyl sites for hydroxylation is 1. The monoisotopic (exact) mass is 294 g/mol. The number of aliphatic hydroxyl groups is 1. The van der Waals surface area contributed by atoms with Crippen LogP contribution in [0.3, 0.4) is 0 Å². The topological polar surface area (TPSA) is 71.5 Å². The van der Waals surface area contributed by atoms with Gasteiger partial charge in [-0.2, -0.15) is 0 Å². The highest BCUT2D eigenvalue weighted by Crippen LogP contribution is 2.16. The normalized spacial score (nSPS) is 12.1. The van der Waals surface area contributed by atoms with Gasteiger partial charge in [0, 0.05) is 18.2 Å². The van der Waals surface area contributed by atoms with Crippen molar-refractivity contribution in [3.05, 3.63) is 23.9 Å². The number of aromatic nitrogens is 1. The van der Waals surface area contributed by atoms with E-state index in [-0.39, 0.29) is 18.1 Å². The molecule has 21 heavy (non-hydrogen) atoms. The summed E-state index contributed by atoms with van der Waals surface area (Å²) in [5.41, 5.74) is -0.0794. The average molecular weight is 294 g/mol. The molecule has 0 fully saturated rings. The molecule has 1 aromatic rings. The van der Waals surface area contributed by atoms with Crippen LogP contribution in [0.25, 0.3) is 0 Å². The van der Waals surface area contributed by atoms with E-state index in [1.165, 1.54) is 0 Å². The predicted molar refractivity (Wildman–Crippen MR) is 82.2 cm³/mol. The Kier molecular flexibility index (Phi) is 5.72. The van der Waals surface area contributed by atoms with Crippen molar-refractivity contribution in [2.24, 2.45) is 0 Å². The molecule has 0 saturated carbocycles. The van der Waals surface area contributed by atoms with E-state index in [0.717, 1.165) is 5.69 Å². The smallest absolute Gasteiger partial charge is 0.220 e. The number of rotatable bonds is 6. The highest BCUT2D eigenvalue weighted by molar-refractivity contribution is 5.76. The van der Waals surface area contributed by atoms with Crippen LogP contribution in [0.2, 0.25) is 0 Å². The van der Waals surface area contributed by atoms with Crippen molar-refractivity contribution in [3.63, 3.8) is 0 Å². The van der Waals surface area contributed by atoms with Gasteiger partial charge in [-0.3, -0.25) is 4.79 Å². The van der Waals surface area contributed by atoms with Crippen molar-refractivity contribution >= 4 is 5.91 Å². The first-order chi connectivity index (χ1) is 9.61. The highest BCUT2D eigenvalue weighted by atomic mass is 16.5. The number of nitrogens with one attached hydrogen (secondary N) is 1. The van der Waals surface area contributed by atoms with Crippen molar-refractivity contribution in [3.8, 4) is 5.88 Å². The molecule has 0 saturated heterocycles. The molecule has 1 heterocycles. The summed E-state index contributed by atoms with van der Waals surface area (Å²) in [6.45, 7) is 9.36. The lowest BCUT2D eigenvalue weighted by Gasteiger charge is -2.23. The van der Waals surface area contributed by atoms with E-state index in [0.29, 0.717) is 18.7 Å². The summed E-state index contributed by atoms with van der Waals surface area (Å²) in [6, 6.07) is 5.56. The van der Waals surface area contributed by atoms with E-state index in [1.807, 2.05) is 39.0 Å². The second kappa shape index (κ2) is 6.89. The standard InChI is InChI=1S/C16H26N2O3/c1-15(2,3)21-14-8-6-7-12(17-14)9-10-13(20)18-16(4,5)11-19/h6-8,19H,9-11H2,1-5H3,(H,18,20). The molecular formula is C16H26N2O3. The number of nitrogens with zero attached hydrogens (tertiary/aromatic N) is 1. The Hall–Kier alpha value is -1.62. The molecule has 0 radical (unpaired) electrons. The Bertz CT molecular complexity index is 479. The number of amides is 1. The Morgan fingerprint density at radius 1 is 1.29 bits per heavy atom. The van der Waals surface area contributed by atoms with Gasteiger partial charge in [-0.05, 0) is 47.1 Å². The lowest BCUT2D eigenvalue weighted by molar-refractivity contribution is -0.123. The Morgan fingerprint density at radius 2 is 1.95 bits per heavy atom. The molecule has 0 aliphatic carbocycles. The summed E-state index contributed by atoms with van der Waals surface area (Å²) in [5.74, 6) is 0.467. The Morgan fingerprint density at radius 3 is 2.52 bits per heavy atom. The van der Waals surface area contributed by atoms with Gasteiger partial charge in [-0.25, -0.2) is 4.98 Å². The first-order valence-corrected chi connectivity index (χ1v) is 7.18. The molecule has 0 aliphatic rings. The third-order valence-corrected chi connectivity index (χ3v) is 2.67. The van der Waals surface area contributed by atoms with E-state index in [9.17, 15) is 4.79 Å². The summed E-state index contributed by atoms with van der Waals surface area (Å²) >= 11 is 0. The fourth-order valence-corrected chi connectivity index (χ4v) is 1.69. The van der Waals surface area contributed by atoms with Crippen LogP contribution in [0.15, 0.2) is 18.2 Å². The molecule has 0 spiro atoms. The molecule has 1 amide bonds. The summed E-state index contributed by atoms with van der Waals surface area (Å²) in [7, 11) is 0. The fraction of sp³-hybridized carbons (Fsp3) is 0.625. The summed E-state index contributed by atoms with van der Waals surface area (Å²) in [5, 5.41) is 11.9. The summed E-state index contributed by atoms with van der Waals surface area (Å²) in [6.07, 6.45) is 0.865. The second-order valence-electron chi connectivity index (χ2n) is 6.77. The average Bonchev–Trinajstić information content (AvgIpc) is 2.34. The van der Waals surface area contributed by atoms with Crippen LogP contribution in [-0.2, 0) is 11.2 Å². The van der Waals surface area contributed by atoms with E-state index in [4.69, 9.17) is 9.84 Å². The maximum absolute atomic E-state index is 11.8. The zero-order valence-electron chi connectivity index (χ0n) is 13.6. The third-order valence-electron chi connectivity index (χ3n) is 2.67. The molecule has 0 bridgehead atoms. The maximum Gasteiger partial charge on any atom is 0.220 e. The van der Waals surface area contributed by atoms with Crippen molar-refractivity contribution < 1.29 is 14.6 Å². The molecule has 0 unspecified atom stereocenters. The number of aliphatic hydroxyl groups excluding tert-OH is 1. The maximum atomic E-state index is 11.8. The van der Waals surface area contributed by atoms with Crippen molar-refractivity contribution in [1.82, 2.24) is 10.3 Å². The minimum atomic E-state index is -0.596. The number of carbonyl (C=O) groups excluding carboxylic acids is 1. The second-order valence-corrected chi connectivity index (χ2v) is 6.77. The molecule has 0 aliphatic heterocycles. The van der Waals surface area contributed by atoms with E-state index in [2.05, 4.69) is 10.3 Å². The minimum absolute atomic E-state index is 0.0914. The molecule has 1 aromatic heterocycles. The Balaban J connectivity index is 2.56. The van der Waals surface area contributed by atoms with Crippen LogP contribution >= 0.6 is 0 Å². The molecule has 0 aromatic carbocycles. The lowest BCUT2D eigenvalue weighted by Crippen LogP contribution is -2.46. The largest absolute Gasteiger partial charge is 0.472 e. The number of ether oxygens (including phenoxy) is 1. The molecule has 5 heteroatoms. The van der Waals surface area contributed by atoms with Crippen LogP contribution in [-0.4, -0.2) is 33.7 Å². The van der Waals surface area contributed by atoms with E-state index in [1.54, 1.807) is 13.8 Å². The zero-order valence-corrected chi connectivity index (χ0v) is 13.6. The van der Waals surface area contributed by atoms with Gasteiger partial charge in [-0.15, -0.1) is 0 Å². The minimum Gasteiger partial charge on any atom is -0.472 e. The van der Waals surface area contributed by atoms with E-state index >= 15 is 0 Å². The molecule has 118 valence electrons. The van der Waals surface area contributed by atoms with Gasteiger partial charge in [0.25, 0.3) is 0 Å². The van der Waals surface area contributed by atoms with Crippen molar-refractivity contribution in [1.29, 1.82) is 0 Å². The number of hydrogen-bond donors (Lipinski definition) is 2. The van der Waals surface area contributed by atoms with Crippen LogP contribution in [0.1, 0.15) is 46.7 Å². The first-order valence-electron chi connectivity index (χ1n) is 7.18. The van der Waals surface area contributed by atoms with Crippen LogP contribution in [0, 0.1) is 0 Å². The van der Waals surface area contributed by atoms with E-state index < -0.39 is 5.54 Å². The molecule has 1 rings (SSSR count). The molecule has 5 nitrogen and oxygen atoms in total. The van der Waals surface area contributed by atoms with Crippen molar-refractivity contribution in [2.45, 2.75) is 58.6 Å².